The molecule has 1 N–H and O–H groups in total. The minimum absolute atomic E-state index is 0.245. The van der Waals surface area contributed by atoms with E-state index < -0.39 is 28.6 Å². The predicted molar refractivity (Wildman–Crippen MR) is 70.9 cm³/mol. The molecule has 1 aromatic rings. The summed E-state index contributed by atoms with van der Waals surface area (Å²) >= 11 is 8.55. The van der Waals surface area contributed by atoms with Gasteiger partial charge in [0.05, 0.1) is 0 Å². The Kier molecular flexibility index (Phi) is 5.10. The maximum absolute atomic E-state index is 13.6. The van der Waals surface area contributed by atoms with Crippen molar-refractivity contribution in [2.75, 3.05) is 5.88 Å². The molecule has 0 aromatic heterocycles. The highest BCUT2D eigenvalue weighted by Gasteiger charge is 2.25. The van der Waals surface area contributed by atoms with Gasteiger partial charge in [-0.25, -0.2) is 8.78 Å². The van der Waals surface area contributed by atoms with Crippen molar-refractivity contribution in [1.82, 2.24) is 5.32 Å². The second-order valence-corrected chi connectivity index (χ2v) is 5.82. The number of halogens is 4. The van der Waals surface area contributed by atoms with Crippen LogP contribution in [-0.4, -0.2) is 17.3 Å². The number of hydrogen-bond donors (Lipinski definition) is 1. The number of carbonyl (C=O) groups excluding carboxylic acids is 1. The van der Waals surface area contributed by atoms with Gasteiger partial charge in [0.25, 0.3) is 5.91 Å². The number of rotatable bonds is 4. The largest absolute Gasteiger partial charge is 0.347 e. The monoisotopic (exact) mass is 339 g/mol. The number of benzene rings is 1. The van der Waals surface area contributed by atoms with Crippen molar-refractivity contribution < 1.29 is 13.6 Å². The molecule has 0 radical (unpaired) electrons. The molecular formula is C12H13BrClF2NO. The van der Waals surface area contributed by atoms with Crippen LogP contribution in [0.2, 0.25) is 0 Å². The molecule has 0 atom stereocenters. The molecule has 1 rings (SSSR count). The normalized spacial score (nSPS) is 11.4. The highest BCUT2D eigenvalue weighted by atomic mass is 79.9. The van der Waals surface area contributed by atoms with Gasteiger partial charge < -0.3 is 5.32 Å². The van der Waals surface area contributed by atoms with Crippen molar-refractivity contribution >= 4 is 33.4 Å². The average molecular weight is 341 g/mol. The molecule has 2 nitrogen and oxygen atoms in total. The van der Waals surface area contributed by atoms with Crippen LogP contribution in [0, 0.1) is 11.6 Å². The fourth-order valence-electron chi connectivity index (χ4n) is 1.43. The third kappa shape index (κ3) is 3.92. The second-order valence-electron chi connectivity index (χ2n) is 4.52. The van der Waals surface area contributed by atoms with Gasteiger partial charge in [0.1, 0.15) is 17.2 Å². The van der Waals surface area contributed by atoms with Gasteiger partial charge in [-0.2, -0.15) is 0 Å². The summed E-state index contributed by atoms with van der Waals surface area (Å²) in [4.78, 5) is 11.8. The van der Waals surface area contributed by atoms with Gasteiger partial charge in [-0.3, -0.25) is 4.79 Å². The number of nitrogens with one attached hydrogen (secondary N) is 1. The van der Waals surface area contributed by atoms with E-state index in [9.17, 15) is 13.6 Å². The van der Waals surface area contributed by atoms with E-state index in [2.05, 4.69) is 21.2 Å². The van der Waals surface area contributed by atoms with Crippen LogP contribution in [0.15, 0.2) is 16.6 Å². The molecular weight excluding hydrogens is 327 g/mol. The summed E-state index contributed by atoms with van der Waals surface area (Å²) < 4.78 is 27.4. The lowest BCUT2D eigenvalue weighted by atomic mass is 10.0. The molecule has 0 unspecified atom stereocenters. The summed E-state index contributed by atoms with van der Waals surface area (Å²) in [5.74, 6) is -2.24. The Bertz CT molecular complexity index is 442. The lowest BCUT2D eigenvalue weighted by Crippen LogP contribution is -2.44. The molecule has 1 aromatic carbocycles. The number of amides is 1. The summed E-state index contributed by atoms with van der Waals surface area (Å²) in [6.45, 7) is 3.48. The molecule has 18 heavy (non-hydrogen) atoms. The van der Waals surface area contributed by atoms with Gasteiger partial charge in [-0.05, 0) is 32.4 Å². The summed E-state index contributed by atoms with van der Waals surface area (Å²) in [6.07, 6.45) is 0.500. The van der Waals surface area contributed by atoms with Gasteiger partial charge in [0.15, 0.2) is 0 Å². The highest BCUT2D eigenvalue weighted by molar-refractivity contribution is 9.10. The van der Waals surface area contributed by atoms with E-state index in [1.165, 1.54) is 0 Å². The van der Waals surface area contributed by atoms with Gasteiger partial charge >= 0.3 is 0 Å². The summed E-state index contributed by atoms with van der Waals surface area (Å²) in [6, 6.07) is 2.10. The molecule has 0 spiro atoms. The van der Waals surface area contributed by atoms with Gasteiger partial charge in [0.2, 0.25) is 0 Å². The summed E-state index contributed by atoms with van der Waals surface area (Å²) in [5, 5.41) is 2.56. The van der Waals surface area contributed by atoms with E-state index in [1.807, 2.05) is 0 Å². The fourth-order valence-corrected chi connectivity index (χ4v) is 2.30. The molecule has 100 valence electrons. The Hall–Kier alpha value is -0.680. The van der Waals surface area contributed by atoms with E-state index in [0.29, 0.717) is 12.3 Å². The third-order valence-electron chi connectivity index (χ3n) is 2.41. The van der Waals surface area contributed by atoms with Gasteiger partial charge in [0, 0.05) is 15.9 Å². The quantitative estimate of drug-likeness (QED) is 0.829. The zero-order valence-electron chi connectivity index (χ0n) is 9.99. The Labute approximate surface area is 118 Å². The van der Waals surface area contributed by atoms with E-state index in [4.69, 9.17) is 11.6 Å². The summed E-state index contributed by atoms with van der Waals surface area (Å²) in [5.41, 5.74) is -1.20. The Balaban J connectivity index is 2.98. The van der Waals surface area contributed by atoms with Crippen molar-refractivity contribution in [1.29, 1.82) is 0 Å². The molecule has 0 saturated heterocycles. The van der Waals surface area contributed by atoms with Crippen LogP contribution in [0.1, 0.15) is 30.6 Å². The van der Waals surface area contributed by atoms with E-state index >= 15 is 0 Å². The fraction of sp³-hybridized carbons (Fsp3) is 0.417. The standard InChI is InChI=1S/C12H13BrClF2NO/c1-12(2,3-4-14)17-11(18)10-8(15)5-7(13)6-9(10)16/h5-6H,3-4H2,1-2H3,(H,17,18). The van der Waals surface area contributed by atoms with E-state index in [1.54, 1.807) is 13.8 Å². The number of alkyl halides is 1. The van der Waals surface area contributed by atoms with E-state index in [-0.39, 0.29) is 4.47 Å². The van der Waals surface area contributed by atoms with Crippen molar-refractivity contribution in [3.63, 3.8) is 0 Å². The maximum Gasteiger partial charge on any atom is 0.257 e. The summed E-state index contributed by atoms with van der Waals surface area (Å²) in [7, 11) is 0. The molecule has 0 aliphatic heterocycles. The number of hydrogen-bond acceptors (Lipinski definition) is 1. The van der Waals surface area contributed by atoms with Crippen LogP contribution in [-0.2, 0) is 0 Å². The zero-order valence-corrected chi connectivity index (χ0v) is 12.3. The molecule has 1 amide bonds. The topological polar surface area (TPSA) is 29.1 Å². The van der Waals surface area contributed by atoms with Crippen molar-refractivity contribution in [3.05, 3.63) is 33.8 Å². The molecule has 6 heteroatoms. The van der Waals surface area contributed by atoms with Crippen molar-refractivity contribution in [2.45, 2.75) is 25.8 Å². The minimum atomic E-state index is -0.902. The first kappa shape index (κ1) is 15.4. The first-order valence-electron chi connectivity index (χ1n) is 5.30. The molecule has 0 bridgehead atoms. The maximum atomic E-state index is 13.6. The van der Waals surface area contributed by atoms with Crippen LogP contribution < -0.4 is 5.32 Å². The van der Waals surface area contributed by atoms with Crippen molar-refractivity contribution in [3.8, 4) is 0 Å². The lowest BCUT2D eigenvalue weighted by molar-refractivity contribution is 0.0903. The van der Waals surface area contributed by atoms with Gasteiger partial charge in [-0.15, -0.1) is 11.6 Å². The Morgan fingerprint density at radius 2 is 1.89 bits per heavy atom. The predicted octanol–water partition coefficient (Wildman–Crippen LogP) is 3.86. The van der Waals surface area contributed by atoms with Crippen LogP contribution in [0.3, 0.4) is 0 Å². The average Bonchev–Trinajstić information content (AvgIpc) is 2.13. The van der Waals surface area contributed by atoms with Crippen LogP contribution in [0.25, 0.3) is 0 Å². The van der Waals surface area contributed by atoms with Crippen LogP contribution >= 0.6 is 27.5 Å². The molecule has 0 aliphatic rings. The molecule has 0 aliphatic carbocycles. The minimum Gasteiger partial charge on any atom is -0.347 e. The lowest BCUT2D eigenvalue weighted by Gasteiger charge is -2.25. The van der Waals surface area contributed by atoms with E-state index in [0.717, 1.165) is 12.1 Å². The zero-order chi connectivity index (χ0) is 13.9. The number of carbonyl (C=O) groups is 1. The Morgan fingerprint density at radius 3 is 2.33 bits per heavy atom. The second kappa shape index (κ2) is 5.97. The van der Waals surface area contributed by atoms with Crippen LogP contribution in [0.5, 0.6) is 0 Å². The van der Waals surface area contributed by atoms with Gasteiger partial charge in [-0.1, -0.05) is 15.9 Å². The molecule has 0 saturated carbocycles. The van der Waals surface area contributed by atoms with Crippen molar-refractivity contribution in [2.24, 2.45) is 0 Å². The molecule has 0 heterocycles. The molecule has 0 fully saturated rings. The van der Waals surface area contributed by atoms with Crippen LogP contribution in [0.4, 0.5) is 8.78 Å². The highest BCUT2D eigenvalue weighted by Crippen LogP contribution is 2.20. The Morgan fingerprint density at radius 1 is 1.39 bits per heavy atom. The first-order chi connectivity index (χ1) is 8.26. The third-order valence-corrected chi connectivity index (χ3v) is 3.05. The SMILES string of the molecule is CC(C)(CCCl)NC(=O)c1c(F)cc(Br)cc1F. The first-order valence-corrected chi connectivity index (χ1v) is 6.62. The smallest absolute Gasteiger partial charge is 0.257 e.